The number of esters is 1. The van der Waals surface area contributed by atoms with Gasteiger partial charge in [-0.1, -0.05) is 65.8 Å². The Morgan fingerprint density at radius 1 is 1.05 bits per heavy atom. The summed E-state index contributed by atoms with van der Waals surface area (Å²) in [6.07, 6.45) is 1.33. The summed E-state index contributed by atoms with van der Waals surface area (Å²) in [5.74, 6) is -0.447. The number of nitrogens with zero attached hydrogens (tertiary/aromatic N) is 2. The monoisotopic (exact) mass is 594 g/mol. The lowest BCUT2D eigenvalue weighted by molar-refractivity contribution is -0.162. The molecule has 2 aliphatic heterocycles. The number of ether oxygens (including phenoxy) is 4. The first kappa shape index (κ1) is 32.9. The van der Waals surface area contributed by atoms with Crippen molar-refractivity contribution in [1.82, 2.24) is 9.88 Å². The lowest BCUT2D eigenvalue weighted by Crippen LogP contribution is -2.51. The van der Waals surface area contributed by atoms with Crippen LogP contribution in [0.3, 0.4) is 0 Å². The minimum absolute atomic E-state index is 0.139. The van der Waals surface area contributed by atoms with Crippen LogP contribution in [0.5, 0.6) is 5.88 Å². The molecule has 5 atom stereocenters. The normalized spacial score (nSPS) is 24.6. The second-order valence-electron chi connectivity index (χ2n) is 13.9. The van der Waals surface area contributed by atoms with E-state index < -0.39 is 35.7 Å². The molecule has 3 heterocycles. The zero-order valence-corrected chi connectivity index (χ0v) is 27.4. The summed E-state index contributed by atoms with van der Waals surface area (Å²) in [6, 6.07) is 10.7. The van der Waals surface area contributed by atoms with Gasteiger partial charge in [-0.15, -0.1) is 0 Å². The lowest BCUT2D eigenvalue weighted by atomic mass is 9.73. The molecule has 236 valence electrons. The molecule has 2 saturated heterocycles. The van der Waals surface area contributed by atoms with E-state index in [2.05, 4.69) is 41.5 Å². The van der Waals surface area contributed by atoms with Crippen molar-refractivity contribution in [2.75, 3.05) is 20.3 Å². The van der Waals surface area contributed by atoms with Crippen LogP contribution >= 0.6 is 0 Å². The molecule has 0 radical (unpaired) electrons. The highest BCUT2D eigenvalue weighted by molar-refractivity contribution is 5.89. The van der Waals surface area contributed by atoms with E-state index >= 15 is 0 Å². The molecule has 0 N–H and O–H groups in total. The summed E-state index contributed by atoms with van der Waals surface area (Å²) in [7, 11) is 1.61. The van der Waals surface area contributed by atoms with E-state index in [9.17, 15) is 9.59 Å². The van der Waals surface area contributed by atoms with Crippen molar-refractivity contribution in [3.8, 4) is 5.88 Å². The van der Waals surface area contributed by atoms with Gasteiger partial charge in [0.1, 0.15) is 12.1 Å². The average molecular weight is 595 g/mol. The molecule has 2 aromatic rings. The first-order chi connectivity index (χ1) is 20.3. The van der Waals surface area contributed by atoms with Crippen molar-refractivity contribution in [2.24, 2.45) is 11.3 Å². The second kappa shape index (κ2) is 13.3. The van der Waals surface area contributed by atoms with Gasteiger partial charge in [-0.05, 0) is 61.8 Å². The van der Waals surface area contributed by atoms with E-state index in [1.54, 1.807) is 18.9 Å². The Labute approximate surface area is 257 Å². The molecule has 1 aromatic carbocycles. The Morgan fingerprint density at radius 3 is 2.35 bits per heavy atom. The third-order valence-electron chi connectivity index (χ3n) is 8.68. The van der Waals surface area contributed by atoms with E-state index in [-0.39, 0.29) is 30.5 Å². The fraction of sp³-hybridized carbons (Fsp3) is 0.629. The Bertz CT molecular complexity index is 1270. The summed E-state index contributed by atoms with van der Waals surface area (Å²) in [5, 5.41) is 0. The molecular formula is C35H50N2O6. The van der Waals surface area contributed by atoms with Gasteiger partial charge in [0.05, 0.1) is 32.5 Å². The molecule has 8 nitrogen and oxygen atoms in total. The maximum absolute atomic E-state index is 14.4. The summed E-state index contributed by atoms with van der Waals surface area (Å²) >= 11 is 0. The minimum atomic E-state index is -0.837. The van der Waals surface area contributed by atoms with Crippen molar-refractivity contribution in [2.45, 2.75) is 111 Å². The number of aromatic nitrogens is 1. The van der Waals surface area contributed by atoms with Crippen LogP contribution in [0.2, 0.25) is 0 Å². The summed E-state index contributed by atoms with van der Waals surface area (Å²) < 4.78 is 24.3. The van der Waals surface area contributed by atoms with Crippen LogP contribution in [-0.4, -0.2) is 60.3 Å². The number of rotatable bonds is 8. The van der Waals surface area contributed by atoms with Crippen LogP contribution in [0.1, 0.15) is 96.2 Å². The highest BCUT2D eigenvalue weighted by Crippen LogP contribution is 2.51. The molecule has 0 saturated carbocycles. The van der Waals surface area contributed by atoms with Crippen LogP contribution in [0.15, 0.2) is 36.4 Å². The van der Waals surface area contributed by atoms with Crippen molar-refractivity contribution in [3.05, 3.63) is 58.8 Å². The largest absolute Gasteiger partial charge is 0.481 e. The number of pyridine rings is 1. The first-order valence-corrected chi connectivity index (χ1v) is 15.6. The Balaban J connectivity index is 1.84. The van der Waals surface area contributed by atoms with E-state index in [1.807, 2.05) is 43.3 Å². The van der Waals surface area contributed by atoms with Crippen molar-refractivity contribution >= 4 is 11.9 Å². The Hall–Kier alpha value is -2.97. The molecule has 2 aliphatic rings. The zero-order chi connectivity index (χ0) is 31.5. The van der Waals surface area contributed by atoms with E-state index in [4.69, 9.17) is 23.9 Å². The standard InChI is InChI=1S/C35H50N2O6/c1-10-41-33(39)29-27(35(6,7)8)30(43-21-23-18-19-26(34(3,4)5)36-31(23)40-9)28(24-16-12-11-15-22(24)2)37(29)32(38)25-17-13-14-20-42-25/h11-12,15-16,18-19,25,27-30H,10,13-14,17,20-21H2,1-9H3/t25-,27-,28-,29-,30-/m0/s1. The van der Waals surface area contributed by atoms with Gasteiger partial charge in [-0.2, -0.15) is 0 Å². The van der Waals surface area contributed by atoms with Crippen LogP contribution in [0.25, 0.3) is 0 Å². The number of aryl methyl sites for hydroxylation is 1. The van der Waals surface area contributed by atoms with Gasteiger partial charge in [-0.25, -0.2) is 9.78 Å². The van der Waals surface area contributed by atoms with Gasteiger partial charge in [-0.3, -0.25) is 4.79 Å². The Kier molecular flexibility index (Phi) is 10.2. The summed E-state index contributed by atoms with van der Waals surface area (Å²) in [6.45, 7) is 17.4. The quantitative estimate of drug-likeness (QED) is 0.330. The van der Waals surface area contributed by atoms with Gasteiger partial charge in [0.25, 0.3) is 5.91 Å². The zero-order valence-electron chi connectivity index (χ0n) is 27.4. The van der Waals surface area contributed by atoms with Crippen LogP contribution in [-0.2, 0) is 35.8 Å². The molecule has 1 aromatic heterocycles. The third-order valence-corrected chi connectivity index (χ3v) is 8.68. The third kappa shape index (κ3) is 7.07. The van der Waals surface area contributed by atoms with E-state index in [0.717, 1.165) is 35.2 Å². The van der Waals surface area contributed by atoms with Crippen LogP contribution < -0.4 is 4.74 Å². The maximum atomic E-state index is 14.4. The minimum Gasteiger partial charge on any atom is -0.481 e. The molecular weight excluding hydrogens is 544 g/mol. The second-order valence-corrected chi connectivity index (χ2v) is 13.9. The lowest BCUT2D eigenvalue weighted by Gasteiger charge is -2.36. The Morgan fingerprint density at radius 2 is 1.77 bits per heavy atom. The molecule has 0 bridgehead atoms. The first-order valence-electron chi connectivity index (χ1n) is 15.6. The van der Waals surface area contributed by atoms with Gasteiger partial charge >= 0.3 is 5.97 Å². The number of amides is 1. The van der Waals surface area contributed by atoms with Crippen LogP contribution in [0.4, 0.5) is 0 Å². The fourth-order valence-electron chi connectivity index (χ4n) is 6.51. The topological polar surface area (TPSA) is 87.2 Å². The number of methoxy groups -OCH3 is 1. The number of hydrogen-bond acceptors (Lipinski definition) is 7. The predicted molar refractivity (Wildman–Crippen MR) is 166 cm³/mol. The molecule has 0 unspecified atom stereocenters. The number of likely N-dealkylation sites (tertiary alicyclic amines) is 1. The molecule has 0 aliphatic carbocycles. The van der Waals surface area contributed by atoms with Crippen molar-refractivity contribution in [1.29, 1.82) is 0 Å². The van der Waals surface area contributed by atoms with Crippen molar-refractivity contribution in [3.63, 3.8) is 0 Å². The SMILES string of the molecule is CCOC(=O)[C@@H]1[C@H](C(C)(C)C)[C@H](OCc2ccc(C(C)(C)C)nc2OC)[C@H](c2ccccc2C)N1C(=O)[C@@H]1CCCCO1. The number of benzene rings is 1. The summed E-state index contributed by atoms with van der Waals surface area (Å²) in [4.78, 5) is 34.8. The van der Waals surface area contributed by atoms with Crippen LogP contribution in [0, 0.1) is 18.3 Å². The molecule has 2 fully saturated rings. The smallest absolute Gasteiger partial charge is 0.329 e. The molecule has 1 amide bonds. The average Bonchev–Trinajstić information content (AvgIpc) is 3.31. The highest BCUT2D eigenvalue weighted by atomic mass is 16.5. The van der Waals surface area contributed by atoms with E-state index in [0.29, 0.717) is 18.9 Å². The summed E-state index contributed by atoms with van der Waals surface area (Å²) in [5.41, 5.74) is 3.15. The number of carbonyl (C=O) groups excluding carboxylic acids is 2. The number of hydrogen-bond donors (Lipinski definition) is 0. The molecule has 0 spiro atoms. The molecule has 43 heavy (non-hydrogen) atoms. The van der Waals surface area contributed by atoms with Gasteiger partial charge in [0.15, 0.2) is 0 Å². The fourth-order valence-corrected chi connectivity index (χ4v) is 6.51. The van der Waals surface area contributed by atoms with E-state index in [1.165, 1.54) is 0 Å². The van der Waals surface area contributed by atoms with Gasteiger partial charge in [0.2, 0.25) is 5.88 Å². The van der Waals surface area contributed by atoms with Gasteiger partial charge in [0, 0.05) is 29.2 Å². The highest BCUT2D eigenvalue weighted by Gasteiger charge is 2.60. The van der Waals surface area contributed by atoms with Crippen molar-refractivity contribution < 1.29 is 28.5 Å². The maximum Gasteiger partial charge on any atom is 0.329 e. The number of carbonyl (C=O) groups is 2. The molecule has 8 heteroatoms. The van der Waals surface area contributed by atoms with Gasteiger partial charge < -0.3 is 23.8 Å². The molecule has 4 rings (SSSR count). The predicted octanol–water partition coefficient (Wildman–Crippen LogP) is 6.33.